The van der Waals surface area contributed by atoms with E-state index >= 15 is 0 Å². The smallest absolute Gasteiger partial charge is 0.257 e. The van der Waals surface area contributed by atoms with Gasteiger partial charge >= 0.3 is 0 Å². The molecule has 1 atom stereocenters. The molecule has 0 saturated carbocycles. The minimum absolute atomic E-state index is 0.0385. The van der Waals surface area contributed by atoms with Gasteiger partial charge in [-0.15, -0.1) is 11.3 Å². The number of nitrogens with two attached hydrogens (primary N) is 1. The summed E-state index contributed by atoms with van der Waals surface area (Å²) in [5.41, 5.74) is 7.66. The van der Waals surface area contributed by atoms with Gasteiger partial charge in [0.25, 0.3) is 5.91 Å². The fraction of sp³-hybridized carbons (Fsp3) is 0.650. The molecule has 9 heteroatoms. The summed E-state index contributed by atoms with van der Waals surface area (Å²) in [5.74, 6) is -0.293. The number of unbranched alkanes of at least 4 members (excludes halogenated alkanes) is 1. The fourth-order valence-electron chi connectivity index (χ4n) is 3.84. The number of hydrogen-bond acceptors (Lipinski definition) is 6. The van der Waals surface area contributed by atoms with Crippen molar-refractivity contribution in [3.05, 3.63) is 16.0 Å². The van der Waals surface area contributed by atoms with Gasteiger partial charge in [0.1, 0.15) is 11.5 Å². The van der Waals surface area contributed by atoms with Crippen molar-refractivity contribution in [1.82, 2.24) is 9.80 Å². The number of thiophene rings is 1. The Balaban J connectivity index is 1.89. The molecule has 2 aliphatic rings. The molecular formula is C20H30N4O4S. The number of carbonyl (C=O) groups is 3. The zero-order valence-electron chi connectivity index (χ0n) is 17.4. The van der Waals surface area contributed by atoms with Crippen LogP contribution in [0.2, 0.25) is 0 Å². The van der Waals surface area contributed by atoms with Gasteiger partial charge in [-0.25, -0.2) is 0 Å². The number of fused-ring (bicyclic) bond motifs is 3. The van der Waals surface area contributed by atoms with E-state index in [2.05, 4.69) is 6.92 Å². The lowest BCUT2D eigenvalue weighted by Crippen LogP contribution is -2.45. The van der Waals surface area contributed by atoms with Crippen LogP contribution in [-0.2, 0) is 27.3 Å². The summed E-state index contributed by atoms with van der Waals surface area (Å²) in [6.45, 7) is 3.89. The van der Waals surface area contributed by atoms with Crippen LogP contribution in [0.1, 0.15) is 47.0 Å². The topological polar surface area (TPSA) is 96.2 Å². The Morgan fingerprint density at radius 1 is 1.31 bits per heavy atom. The predicted molar refractivity (Wildman–Crippen MR) is 112 cm³/mol. The van der Waals surface area contributed by atoms with Gasteiger partial charge in [0.05, 0.1) is 31.3 Å². The number of likely N-dealkylation sites (N-methyl/N-ethyl adjacent to an activating group) is 1. The number of anilines is 1. The van der Waals surface area contributed by atoms with Crippen LogP contribution in [0.15, 0.2) is 0 Å². The largest absolute Gasteiger partial charge is 0.383 e. The van der Waals surface area contributed by atoms with Crippen LogP contribution in [0.3, 0.4) is 0 Å². The standard InChI is InChI=1S/C20H30N4O4S/c1-4-5-6-14(21)18(26)23-8-7-13-15(11-23)29-20-17(13)19(27)22(2)12-16(25)24(20)9-10-28-3/h14H,4-12,21H2,1-3H3/t14-/m0/s1. The van der Waals surface area contributed by atoms with E-state index in [9.17, 15) is 14.4 Å². The minimum atomic E-state index is -0.484. The van der Waals surface area contributed by atoms with Gasteiger partial charge in [-0.05, 0) is 18.4 Å². The molecule has 0 spiro atoms. The number of hydrogen-bond donors (Lipinski definition) is 1. The van der Waals surface area contributed by atoms with Gasteiger partial charge in [-0.1, -0.05) is 19.8 Å². The molecule has 0 saturated heterocycles. The number of ether oxygens (including phenoxy) is 1. The molecule has 8 nitrogen and oxygen atoms in total. The molecule has 3 rings (SSSR count). The molecule has 0 aliphatic carbocycles. The molecule has 2 N–H and O–H groups in total. The Morgan fingerprint density at radius 2 is 2.07 bits per heavy atom. The number of amides is 3. The third-order valence-electron chi connectivity index (χ3n) is 5.53. The maximum absolute atomic E-state index is 13.0. The second kappa shape index (κ2) is 9.23. The van der Waals surface area contributed by atoms with Crippen molar-refractivity contribution in [1.29, 1.82) is 0 Å². The van der Waals surface area contributed by atoms with Crippen LogP contribution in [0.25, 0.3) is 0 Å². The molecule has 1 aromatic heterocycles. The quantitative estimate of drug-likeness (QED) is 0.713. The number of rotatable bonds is 7. The van der Waals surface area contributed by atoms with Gasteiger partial charge in [-0.3, -0.25) is 19.3 Å². The van der Waals surface area contributed by atoms with E-state index in [4.69, 9.17) is 10.5 Å². The van der Waals surface area contributed by atoms with Crippen molar-refractivity contribution in [3.63, 3.8) is 0 Å². The van der Waals surface area contributed by atoms with Crippen molar-refractivity contribution < 1.29 is 19.1 Å². The van der Waals surface area contributed by atoms with Gasteiger partial charge in [0, 0.05) is 25.6 Å². The molecule has 160 valence electrons. The summed E-state index contributed by atoms with van der Waals surface area (Å²) in [5, 5.41) is 0.677. The molecule has 0 fully saturated rings. The highest BCUT2D eigenvalue weighted by atomic mass is 32.1. The third-order valence-corrected chi connectivity index (χ3v) is 6.77. The van der Waals surface area contributed by atoms with Crippen molar-refractivity contribution >= 4 is 34.1 Å². The molecule has 3 heterocycles. The average molecular weight is 423 g/mol. The van der Waals surface area contributed by atoms with Crippen molar-refractivity contribution in [2.24, 2.45) is 5.73 Å². The van der Waals surface area contributed by atoms with E-state index in [-0.39, 0.29) is 24.3 Å². The van der Waals surface area contributed by atoms with E-state index in [0.717, 1.165) is 23.3 Å². The monoisotopic (exact) mass is 422 g/mol. The maximum atomic E-state index is 13.0. The normalized spacial score (nSPS) is 17.9. The second-order valence-corrected chi connectivity index (χ2v) is 8.73. The maximum Gasteiger partial charge on any atom is 0.257 e. The number of methoxy groups -OCH3 is 1. The van der Waals surface area contributed by atoms with Crippen molar-refractivity contribution in [3.8, 4) is 0 Å². The van der Waals surface area contributed by atoms with E-state index in [0.29, 0.717) is 49.6 Å². The van der Waals surface area contributed by atoms with Crippen molar-refractivity contribution in [2.75, 3.05) is 45.3 Å². The van der Waals surface area contributed by atoms with Crippen LogP contribution in [0, 0.1) is 0 Å². The Kier molecular flexibility index (Phi) is 6.92. The fourth-order valence-corrected chi connectivity index (χ4v) is 5.24. The molecule has 0 bridgehead atoms. The van der Waals surface area contributed by atoms with Crippen LogP contribution in [0.4, 0.5) is 5.00 Å². The Morgan fingerprint density at radius 3 is 2.76 bits per heavy atom. The first kappa shape index (κ1) is 21.7. The van der Waals surface area contributed by atoms with Crippen LogP contribution < -0.4 is 10.6 Å². The lowest BCUT2D eigenvalue weighted by molar-refractivity contribution is -0.133. The van der Waals surface area contributed by atoms with E-state index in [1.165, 1.54) is 16.2 Å². The molecule has 2 aliphatic heterocycles. The lowest BCUT2D eigenvalue weighted by Gasteiger charge is -2.29. The van der Waals surface area contributed by atoms with Crippen LogP contribution >= 0.6 is 11.3 Å². The molecular weight excluding hydrogens is 392 g/mol. The highest BCUT2D eigenvalue weighted by Crippen LogP contribution is 2.41. The molecule has 0 radical (unpaired) electrons. The highest BCUT2D eigenvalue weighted by molar-refractivity contribution is 7.17. The second-order valence-electron chi connectivity index (χ2n) is 7.64. The third kappa shape index (κ3) is 4.31. The molecule has 29 heavy (non-hydrogen) atoms. The summed E-state index contributed by atoms with van der Waals surface area (Å²) in [7, 11) is 3.24. The van der Waals surface area contributed by atoms with Gasteiger partial charge < -0.3 is 20.3 Å². The van der Waals surface area contributed by atoms with Crippen molar-refractivity contribution in [2.45, 2.75) is 45.2 Å². The minimum Gasteiger partial charge on any atom is -0.383 e. The van der Waals surface area contributed by atoms with E-state index in [1.807, 2.05) is 0 Å². The first-order valence-corrected chi connectivity index (χ1v) is 10.9. The summed E-state index contributed by atoms with van der Waals surface area (Å²) in [6, 6.07) is -0.484. The summed E-state index contributed by atoms with van der Waals surface area (Å²) in [4.78, 5) is 44.3. The Hall–Kier alpha value is -1.97. The molecule has 0 unspecified atom stereocenters. The van der Waals surface area contributed by atoms with E-state index < -0.39 is 6.04 Å². The first-order valence-electron chi connectivity index (χ1n) is 10.1. The van der Waals surface area contributed by atoms with Crippen LogP contribution in [-0.4, -0.2) is 74.0 Å². The SMILES string of the molecule is CCCC[C@H](N)C(=O)N1CCc2c(sc3c2C(=O)N(C)CC(=O)N3CCOC)C1. The Labute approximate surface area is 175 Å². The Bertz CT molecular complexity index is 794. The first-order chi connectivity index (χ1) is 13.9. The lowest BCUT2D eigenvalue weighted by atomic mass is 10.0. The summed E-state index contributed by atoms with van der Waals surface area (Å²) in [6.07, 6.45) is 3.21. The number of carbonyl (C=O) groups excluding carboxylic acids is 3. The van der Waals surface area contributed by atoms with Gasteiger partial charge in [-0.2, -0.15) is 0 Å². The summed E-state index contributed by atoms with van der Waals surface area (Å²) < 4.78 is 5.16. The summed E-state index contributed by atoms with van der Waals surface area (Å²) >= 11 is 1.44. The molecule has 0 aromatic carbocycles. The number of nitrogens with zero attached hydrogens (tertiary/aromatic N) is 3. The zero-order valence-corrected chi connectivity index (χ0v) is 18.2. The zero-order chi connectivity index (χ0) is 21.1. The van der Waals surface area contributed by atoms with E-state index in [1.54, 1.807) is 24.0 Å². The highest BCUT2D eigenvalue weighted by Gasteiger charge is 2.37. The average Bonchev–Trinajstić information content (AvgIpc) is 3.05. The van der Waals surface area contributed by atoms with Crippen LogP contribution in [0.5, 0.6) is 0 Å². The van der Waals surface area contributed by atoms with Gasteiger partial charge in [0.15, 0.2) is 0 Å². The molecule has 3 amide bonds. The molecule has 1 aromatic rings. The van der Waals surface area contributed by atoms with Gasteiger partial charge in [0.2, 0.25) is 11.8 Å². The predicted octanol–water partition coefficient (Wildman–Crippen LogP) is 1.22.